The van der Waals surface area contributed by atoms with Gasteiger partial charge in [-0.1, -0.05) is 31.2 Å². The minimum absolute atomic E-state index is 0.434. The van der Waals surface area contributed by atoms with Gasteiger partial charge in [-0.05, 0) is 30.3 Å². The van der Waals surface area contributed by atoms with Crippen LogP contribution in [-0.2, 0) is 11.5 Å². The molecule has 0 saturated carbocycles. The highest BCUT2D eigenvalue weighted by Crippen LogP contribution is 2.36. The molecular formula is C21H25ClN4O2Si. The second kappa shape index (κ2) is 7.82. The zero-order chi connectivity index (χ0) is 20.6. The Morgan fingerprint density at radius 2 is 1.93 bits per heavy atom. The van der Waals surface area contributed by atoms with Crippen molar-refractivity contribution in [3.63, 3.8) is 0 Å². The van der Waals surface area contributed by atoms with E-state index in [1.807, 2.05) is 39.4 Å². The van der Waals surface area contributed by atoms with E-state index in [9.17, 15) is 0 Å². The first-order chi connectivity index (χ1) is 13.9. The van der Waals surface area contributed by atoms with E-state index in [-0.39, 0.29) is 0 Å². The van der Waals surface area contributed by atoms with Crippen LogP contribution in [0.25, 0.3) is 27.8 Å². The molecule has 0 fully saturated rings. The van der Waals surface area contributed by atoms with Crippen molar-refractivity contribution >= 4 is 36.4 Å². The van der Waals surface area contributed by atoms with E-state index in [1.165, 1.54) is 0 Å². The van der Waals surface area contributed by atoms with Gasteiger partial charge in [-0.15, -0.1) is 0 Å². The van der Waals surface area contributed by atoms with E-state index in [0.717, 1.165) is 46.3 Å². The Morgan fingerprint density at radius 1 is 1.10 bits per heavy atom. The maximum atomic E-state index is 6.19. The fraction of sp³-hybridized carbons (Fsp3) is 0.333. The summed E-state index contributed by atoms with van der Waals surface area (Å²) in [6.45, 7) is 8.22. The van der Waals surface area contributed by atoms with Crippen LogP contribution in [0.2, 0.25) is 30.8 Å². The lowest BCUT2D eigenvalue weighted by atomic mass is 10.1. The van der Waals surface area contributed by atoms with Crippen LogP contribution in [-0.4, -0.2) is 40.7 Å². The van der Waals surface area contributed by atoms with Crippen LogP contribution in [0.4, 0.5) is 0 Å². The summed E-state index contributed by atoms with van der Waals surface area (Å²) in [5.41, 5.74) is 3.62. The number of pyridine rings is 2. The van der Waals surface area contributed by atoms with Crippen LogP contribution in [0.15, 0.2) is 42.9 Å². The van der Waals surface area contributed by atoms with Gasteiger partial charge in [-0.3, -0.25) is 4.40 Å². The van der Waals surface area contributed by atoms with Crippen molar-refractivity contribution in [2.45, 2.75) is 32.4 Å². The van der Waals surface area contributed by atoms with Crippen molar-refractivity contribution in [2.75, 3.05) is 13.7 Å². The monoisotopic (exact) mass is 428 g/mol. The van der Waals surface area contributed by atoms with E-state index in [0.29, 0.717) is 11.9 Å². The first kappa shape index (κ1) is 19.9. The normalized spacial score (nSPS) is 12.2. The van der Waals surface area contributed by atoms with Gasteiger partial charge in [0.25, 0.3) is 0 Å². The largest absolute Gasteiger partial charge is 0.481 e. The number of hydrogen-bond donors (Lipinski definition) is 0. The fourth-order valence-corrected chi connectivity index (χ4v) is 4.28. The first-order valence-corrected chi connectivity index (χ1v) is 13.7. The Hall–Kier alpha value is -2.35. The van der Waals surface area contributed by atoms with Crippen LogP contribution >= 0.6 is 11.6 Å². The van der Waals surface area contributed by atoms with Gasteiger partial charge in [0.15, 0.2) is 0 Å². The van der Waals surface area contributed by atoms with Gasteiger partial charge < -0.3 is 14.0 Å². The Bertz CT molecular complexity index is 1160. The predicted molar refractivity (Wildman–Crippen MR) is 120 cm³/mol. The minimum Gasteiger partial charge on any atom is -0.481 e. The maximum Gasteiger partial charge on any atom is 0.207 e. The smallest absolute Gasteiger partial charge is 0.207 e. The van der Waals surface area contributed by atoms with Crippen molar-refractivity contribution < 1.29 is 9.47 Å². The average Bonchev–Trinajstić information content (AvgIpc) is 3.28. The van der Waals surface area contributed by atoms with Crippen molar-refractivity contribution in [3.05, 3.63) is 48.0 Å². The van der Waals surface area contributed by atoms with Crippen LogP contribution in [0, 0.1) is 0 Å². The minimum atomic E-state index is -1.13. The summed E-state index contributed by atoms with van der Waals surface area (Å²) in [7, 11) is 0.539. The molecule has 0 aliphatic rings. The number of methoxy groups -OCH3 is 1. The molecule has 4 rings (SSSR count). The predicted octanol–water partition coefficient (Wildman–Crippen LogP) is 5.33. The third-order valence-corrected chi connectivity index (χ3v) is 6.83. The van der Waals surface area contributed by atoms with E-state index in [4.69, 9.17) is 21.1 Å². The second-order valence-electron chi connectivity index (χ2n) is 8.28. The summed E-state index contributed by atoms with van der Waals surface area (Å²) >= 11 is 6.19. The molecular weight excluding hydrogens is 404 g/mol. The lowest BCUT2D eigenvalue weighted by Crippen LogP contribution is -2.22. The molecule has 0 saturated heterocycles. The van der Waals surface area contributed by atoms with Crippen molar-refractivity contribution in [3.8, 4) is 17.0 Å². The van der Waals surface area contributed by atoms with Gasteiger partial charge in [0.05, 0.1) is 7.11 Å². The van der Waals surface area contributed by atoms with E-state index in [2.05, 4.69) is 35.8 Å². The third-order valence-electron chi connectivity index (χ3n) is 4.92. The molecule has 4 aromatic rings. The zero-order valence-corrected chi connectivity index (χ0v) is 18.9. The van der Waals surface area contributed by atoms with E-state index in [1.54, 1.807) is 13.3 Å². The molecule has 152 valence electrons. The van der Waals surface area contributed by atoms with Gasteiger partial charge in [0.2, 0.25) is 5.88 Å². The van der Waals surface area contributed by atoms with Crippen LogP contribution in [0.1, 0.15) is 0 Å². The molecule has 0 unspecified atom stereocenters. The highest BCUT2D eigenvalue weighted by atomic mass is 35.5. The molecule has 0 N–H and O–H groups in total. The SMILES string of the molecule is COc1c(-c2cn(COCC[Si](C)(C)C)c3nc(Cl)ccc23)ccc2nccn12. The number of imidazole rings is 1. The van der Waals surface area contributed by atoms with Crippen LogP contribution in [0.3, 0.4) is 0 Å². The molecule has 0 aliphatic carbocycles. The molecule has 0 radical (unpaired) electrons. The van der Waals surface area contributed by atoms with Crippen molar-refractivity contribution in [1.82, 2.24) is 18.9 Å². The Labute approximate surface area is 176 Å². The number of nitrogens with zero attached hydrogens (tertiary/aromatic N) is 4. The molecule has 8 heteroatoms. The van der Waals surface area contributed by atoms with Gasteiger partial charge in [0.1, 0.15) is 23.2 Å². The first-order valence-electron chi connectivity index (χ1n) is 9.61. The number of ether oxygens (including phenoxy) is 2. The quantitative estimate of drug-likeness (QED) is 0.227. The molecule has 4 heterocycles. The molecule has 6 nitrogen and oxygen atoms in total. The summed E-state index contributed by atoms with van der Waals surface area (Å²) in [6.07, 6.45) is 5.72. The molecule has 0 aliphatic heterocycles. The van der Waals surface area contributed by atoms with Crippen LogP contribution in [0.5, 0.6) is 5.88 Å². The van der Waals surface area contributed by atoms with Gasteiger partial charge >= 0.3 is 0 Å². The second-order valence-corrected chi connectivity index (χ2v) is 14.3. The van der Waals surface area contributed by atoms with Crippen LogP contribution < -0.4 is 4.74 Å². The highest BCUT2D eigenvalue weighted by molar-refractivity contribution is 6.76. The number of aromatic nitrogens is 4. The number of fused-ring (bicyclic) bond motifs is 2. The Morgan fingerprint density at radius 3 is 2.69 bits per heavy atom. The highest BCUT2D eigenvalue weighted by Gasteiger charge is 2.18. The molecule has 0 bridgehead atoms. The van der Waals surface area contributed by atoms with Crippen molar-refractivity contribution in [1.29, 1.82) is 0 Å². The molecule has 0 atom stereocenters. The van der Waals surface area contributed by atoms with Gasteiger partial charge in [-0.2, -0.15) is 0 Å². The van der Waals surface area contributed by atoms with E-state index >= 15 is 0 Å². The maximum absolute atomic E-state index is 6.19. The third kappa shape index (κ3) is 4.03. The summed E-state index contributed by atoms with van der Waals surface area (Å²) in [5.74, 6) is 0.730. The number of halogens is 1. The van der Waals surface area contributed by atoms with E-state index < -0.39 is 8.07 Å². The Kier molecular flexibility index (Phi) is 5.37. The van der Waals surface area contributed by atoms with Crippen molar-refractivity contribution in [2.24, 2.45) is 0 Å². The summed E-state index contributed by atoms with van der Waals surface area (Å²) in [6, 6.07) is 8.94. The van der Waals surface area contributed by atoms with Gasteiger partial charge in [-0.25, -0.2) is 9.97 Å². The summed E-state index contributed by atoms with van der Waals surface area (Å²) < 4.78 is 15.7. The number of rotatable bonds is 7. The molecule has 0 aromatic carbocycles. The summed E-state index contributed by atoms with van der Waals surface area (Å²) in [5, 5.41) is 1.46. The fourth-order valence-electron chi connectivity index (χ4n) is 3.38. The lowest BCUT2D eigenvalue weighted by Gasteiger charge is -2.15. The summed E-state index contributed by atoms with van der Waals surface area (Å²) in [4.78, 5) is 8.90. The molecule has 29 heavy (non-hydrogen) atoms. The molecule has 0 spiro atoms. The topological polar surface area (TPSA) is 53.6 Å². The van der Waals surface area contributed by atoms with Gasteiger partial charge in [0, 0.05) is 49.8 Å². The standard InChI is InChI=1S/C21H25ClN4O2Si/c1-27-21-16(6-8-19-23-9-10-26(19)21)17-13-25(14-28-11-12-29(2,3)4)20-15(17)5-7-18(22)24-20/h5-10,13H,11-12,14H2,1-4H3. The number of hydrogen-bond acceptors (Lipinski definition) is 4. The lowest BCUT2D eigenvalue weighted by molar-refractivity contribution is 0.0899. The molecule has 0 amide bonds. The Balaban J connectivity index is 1.76. The zero-order valence-electron chi connectivity index (χ0n) is 17.1. The average molecular weight is 429 g/mol. The molecule has 4 aromatic heterocycles.